The fraction of sp³-hybridized carbons (Fsp3) is 0.636. The molecule has 1 aromatic rings. The van der Waals surface area contributed by atoms with Gasteiger partial charge in [-0.3, -0.25) is 5.10 Å². The Labute approximate surface area is 90.0 Å². The summed E-state index contributed by atoms with van der Waals surface area (Å²) in [5.74, 6) is 0.220. The molecule has 1 aliphatic rings. The highest BCUT2D eigenvalue weighted by molar-refractivity contribution is 5.06. The predicted octanol–water partition coefficient (Wildman–Crippen LogP) is 2.22. The van der Waals surface area contributed by atoms with Gasteiger partial charge in [0.1, 0.15) is 0 Å². The standard InChI is InChI=1S/C11H17N2O2/c1-9(10-5-6-12-13-10)8-15-11-4-2-3-7-14-11/h5-6,8-9,11H,2-4,7H2,1H3,(H,12,13). The number of rotatable bonds is 4. The van der Waals surface area contributed by atoms with Gasteiger partial charge in [0.05, 0.1) is 6.61 Å². The molecule has 1 aromatic heterocycles. The van der Waals surface area contributed by atoms with Crippen LogP contribution >= 0.6 is 0 Å². The van der Waals surface area contributed by atoms with E-state index in [4.69, 9.17) is 9.47 Å². The van der Waals surface area contributed by atoms with Gasteiger partial charge in [-0.15, -0.1) is 0 Å². The summed E-state index contributed by atoms with van der Waals surface area (Å²) in [5, 5.41) is 6.83. The first-order valence-corrected chi connectivity index (χ1v) is 5.46. The number of hydrogen-bond donors (Lipinski definition) is 1. The molecule has 1 radical (unpaired) electrons. The van der Waals surface area contributed by atoms with Crippen molar-refractivity contribution in [3.05, 3.63) is 24.6 Å². The Morgan fingerprint density at radius 3 is 3.27 bits per heavy atom. The van der Waals surface area contributed by atoms with Gasteiger partial charge in [-0.05, 0) is 25.3 Å². The van der Waals surface area contributed by atoms with Gasteiger partial charge >= 0.3 is 0 Å². The van der Waals surface area contributed by atoms with Crippen LogP contribution in [-0.2, 0) is 9.47 Å². The summed E-state index contributed by atoms with van der Waals surface area (Å²) in [6.07, 6.45) is 5.03. The van der Waals surface area contributed by atoms with E-state index in [1.165, 1.54) is 6.42 Å². The second kappa shape index (κ2) is 5.28. The van der Waals surface area contributed by atoms with E-state index in [0.29, 0.717) is 0 Å². The van der Waals surface area contributed by atoms with E-state index in [1.807, 2.05) is 12.7 Å². The molecule has 0 aliphatic carbocycles. The fourth-order valence-electron chi connectivity index (χ4n) is 1.62. The number of aromatic nitrogens is 2. The van der Waals surface area contributed by atoms with Crippen LogP contribution in [0.25, 0.3) is 0 Å². The summed E-state index contributed by atoms with van der Waals surface area (Å²) < 4.78 is 11.0. The molecule has 1 saturated heterocycles. The molecule has 4 nitrogen and oxygen atoms in total. The molecule has 2 rings (SSSR count). The third kappa shape index (κ3) is 3.04. The zero-order valence-electron chi connectivity index (χ0n) is 8.98. The van der Waals surface area contributed by atoms with Gasteiger partial charge in [-0.25, -0.2) is 0 Å². The Kier molecular flexibility index (Phi) is 3.75. The van der Waals surface area contributed by atoms with Crippen molar-refractivity contribution in [2.24, 2.45) is 0 Å². The lowest BCUT2D eigenvalue weighted by atomic mass is 10.1. The van der Waals surface area contributed by atoms with Gasteiger partial charge in [0.15, 0.2) is 6.29 Å². The van der Waals surface area contributed by atoms with Crippen LogP contribution in [0.4, 0.5) is 0 Å². The molecule has 15 heavy (non-hydrogen) atoms. The van der Waals surface area contributed by atoms with Crippen molar-refractivity contribution < 1.29 is 9.47 Å². The van der Waals surface area contributed by atoms with Crippen molar-refractivity contribution in [2.45, 2.75) is 38.4 Å². The molecule has 1 aliphatic heterocycles. The SMILES string of the molecule is CC([CH]OC1CCCCO1)c1ccn[nH]1. The van der Waals surface area contributed by atoms with Gasteiger partial charge < -0.3 is 9.47 Å². The summed E-state index contributed by atoms with van der Waals surface area (Å²) in [6.45, 7) is 4.71. The second-order valence-electron chi connectivity index (χ2n) is 3.87. The van der Waals surface area contributed by atoms with Crippen molar-refractivity contribution in [1.29, 1.82) is 0 Å². The lowest BCUT2D eigenvalue weighted by Gasteiger charge is -2.23. The highest BCUT2D eigenvalue weighted by atomic mass is 16.7. The van der Waals surface area contributed by atoms with E-state index in [1.54, 1.807) is 6.20 Å². The summed E-state index contributed by atoms with van der Waals surface area (Å²) in [5.41, 5.74) is 1.06. The predicted molar refractivity (Wildman–Crippen MR) is 56.0 cm³/mol. The quantitative estimate of drug-likeness (QED) is 0.827. The minimum Gasteiger partial charge on any atom is -0.353 e. The molecule has 0 aromatic carbocycles. The summed E-state index contributed by atoms with van der Waals surface area (Å²) in [4.78, 5) is 0. The number of ether oxygens (including phenoxy) is 2. The Hall–Kier alpha value is -0.870. The lowest BCUT2D eigenvalue weighted by Crippen LogP contribution is -2.22. The molecule has 4 heteroatoms. The molecule has 0 amide bonds. The molecule has 0 spiro atoms. The van der Waals surface area contributed by atoms with E-state index in [2.05, 4.69) is 17.1 Å². The third-order valence-corrected chi connectivity index (χ3v) is 2.59. The Morgan fingerprint density at radius 1 is 1.67 bits per heavy atom. The lowest BCUT2D eigenvalue weighted by molar-refractivity contribution is -0.145. The van der Waals surface area contributed by atoms with Gasteiger partial charge in [-0.2, -0.15) is 5.10 Å². The zero-order valence-corrected chi connectivity index (χ0v) is 8.98. The highest BCUT2D eigenvalue weighted by Gasteiger charge is 2.16. The molecule has 1 fully saturated rings. The maximum atomic E-state index is 5.57. The Balaban J connectivity index is 1.73. The van der Waals surface area contributed by atoms with Crippen LogP contribution in [0.3, 0.4) is 0 Å². The van der Waals surface area contributed by atoms with Crippen LogP contribution in [0.15, 0.2) is 12.3 Å². The molecule has 2 atom stereocenters. The summed E-state index contributed by atoms with van der Waals surface area (Å²) >= 11 is 0. The van der Waals surface area contributed by atoms with Crippen LogP contribution in [0, 0.1) is 6.61 Å². The van der Waals surface area contributed by atoms with E-state index in [-0.39, 0.29) is 12.2 Å². The van der Waals surface area contributed by atoms with Crippen molar-refractivity contribution in [3.8, 4) is 0 Å². The smallest absolute Gasteiger partial charge is 0.158 e. The maximum absolute atomic E-state index is 5.57. The summed E-state index contributed by atoms with van der Waals surface area (Å²) in [6, 6.07) is 1.95. The average molecular weight is 209 g/mol. The highest BCUT2D eigenvalue weighted by Crippen LogP contribution is 2.20. The van der Waals surface area contributed by atoms with Crippen molar-refractivity contribution in [2.75, 3.05) is 6.61 Å². The Bertz CT molecular complexity index is 268. The van der Waals surface area contributed by atoms with Crippen molar-refractivity contribution >= 4 is 0 Å². The first-order valence-electron chi connectivity index (χ1n) is 5.46. The monoisotopic (exact) mass is 209 g/mol. The number of nitrogens with one attached hydrogen (secondary N) is 1. The van der Waals surface area contributed by atoms with E-state index in [9.17, 15) is 0 Å². The van der Waals surface area contributed by atoms with Crippen LogP contribution in [0.2, 0.25) is 0 Å². The average Bonchev–Trinajstić information content (AvgIpc) is 2.81. The van der Waals surface area contributed by atoms with Gasteiger partial charge in [0.25, 0.3) is 0 Å². The van der Waals surface area contributed by atoms with E-state index < -0.39 is 0 Å². The number of nitrogens with zero attached hydrogens (tertiary/aromatic N) is 1. The van der Waals surface area contributed by atoms with Crippen LogP contribution in [0.5, 0.6) is 0 Å². The normalized spacial score (nSPS) is 23.9. The van der Waals surface area contributed by atoms with Gasteiger partial charge in [0.2, 0.25) is 0 Å². The van der Waals surface area contributed by atoms with Crippen molar-refractivity contribution in [3.63, 3.8) is 0 Å². The molecular formula is C11H17N2O2. The second-order valence-corrected chi connectivity index (χ2v) is 3.87. The zero-order chi connectivity index (χ0) is 10.5. The maximum Gasteiger partial charge on any atom is 0.158 e. The van der Waals surface area contributed by atoms with E-state index in [0.717, 1.165) is 25.1 Å². The molecule has 2 unspecified atom stereocenters. The molecule has 0 bridgehead atoms. The first kappa shape index (κ1) is 10.6. The van der Waals surface area contributed by atoms with Crippen LogP contribution in [0.1, 0.15) is 37.8 Å². The molecule has 0 saturated carbocycles. The number of H-pyrrole nitrogens is 1. The number of aromatic amines is 1. The van der Waals surface area contributed by atoms with E-state index >= 15 is 0 Å². The molecule has 2 heterocycles. The topological polar surface area (TPSA) is 47.1 Å². The first-order chi connectivity index (χ1) is 7.36. The molecule has 83 valence electrons. The third-order valence-electron chi connectivity index (χ3n) is 2.59. The van der Waals surface area contributed by atoms with Crippen LogP contribution in [-0.4, -0.2) is 23.1 Å². The minimum atomic E-state index is -0.0517. The van der Waals surface area contributed by atoms with Crippen LogP contribution < -0.4 is 0 Å². The largest absolute Gasteiger partial charge is 0.353 e. The molecule has 1 N–H and O–H groups in total. The van der Waals surface area contributed by atoms with Gasteiger partial charge in [-0.1, -0.05) is 6.92 Å². The van der Waals surface area contributed by atoms with Gasteiger partial charge in [0, 0.05) is 24.4 Å². The number of hydrogen-bond acceptors (Lipinski definition) is 3. The molecular weight excluding hydrogens is 192 g/mol. The fourth-order valence-corrected chi connectivity index (χ4v) is 1.62. The Morgan fingerprint density at radius 2 is 2.60 bits per heavy atom. The van der Waals surface area contributed by atoms with Crippen molar-refractivity contribution in [1.82, 2.24) is 10.2 Å². The minimum absolute atomic E-state index is 0.0517. The summed E-state index contributed by atoms with van der Waals surface area (Å²) in [7, 11) is 0.